The van der Waals surface area contributed by atoms with E-state index in [2.05, 4.69) is 44.5 Å². The van der Waals surface area contributed by atoms with Gasteiger partial charge in [0.1, 0.15) is 5.82 Å². The second-order valence-electron chi connectivity index (χ2n) is 5.84. The van der Waals surface area contributed by atoms with Crippen molar-refractivity contribution in [2.24, 2.45) is 11.8 Å². The second-order valence-corrected chi connectivity index (χ2v) is 5.84. The Morgan fingerprint density at radius 2 is 2.10 bits per heavy atom. The van der Waals surface area contributed by atoms with Crippen LogP contribution >= 0.6 is 0 Å². The Bertz CT molecular complexity index is 600. The fourth-order valence-electron chi connectivity index (χ4n) is 3.27. The molecular formula is C14H23N7. The molecule has 2 aromatic heterocycles. The average Bonchev–Trinajstić information content (AvgIpc) is 3.01. The third-order valence-corrected chi connectivity index (χ3v) is 4.69. The van der Waals surface area contributed by atoms with Crippen LogP contribution in [0.15, 0.2) is 6.20 Å². The van der Waals surface area contributed by atoms with Crippen LogP contribution in [0.3, 0.4) is 0 Å². The minimum Gasteiger partial charge on any atom is -0.356 e. The fourth-order valence-corrected chi connectivity index (χ4v) is 3.27. The van der Waals surface area contributed by atoms with Crippen molar-refractivity contribution in [3.63, 3.8) is 0 Å². The zero-order valence-corrected chi connectivity index (χ0v) is 12.6. The topological polar surface area (TPSA) is 95.8 Å². The van der Waals surface area contributed by atoms with Crippen LogP contribution in [0.1, 0.15) is 39.0 Å². The number of aromatic amines is 1. The monoisotopic (exact) mass is 289 g/mol. The maximum Gasteiger partial charge on any atom is 0.241 e. The Morgan fingerprint density at radius 3 is 2.76 bits per heavy atom. The van der Waals surface area contributed by atoms with E-state index in [0.717, 1.165) is 17.1 Å². The highest BCUT2D eigenvalue weighted by Crippen LogP contribution is 2.32. The number of rotatable bonds is 4. The second kappa shape index (κ2) is 5.85. The van der Waals surface area contributed by atoms with E-state index in [1.165, 1.54) is 32.1 Å². The average molecular weight is 289 g/mol. The smallest absolute Gasteiger partial charge is 0.241 e. The molecule has 21 heavy (non-hydrogen) atoms. The molecule has 0 bridgehead atoms. The number of nitrogens with two attached hydrogens (primary N) is 1. The van der Waals surface area contributed by atoms with Crippen LogP contribution < -0.4 is 16.2 Å². The Labute approximate surface area is 124 Å². The van der Waals surface area contributed by atoms with E-state index in [4.69, 9.17) is 5.84 Å². The van der Waals surface area contributed by atoms with Crippen molar-refractivity contribution in [1.29, 1.82) is 0 Å². The van der Waals surface area contributed by atoms with E-state index in [0.29, 0.717) is 17.6 Å². The van der Waals surface area contributed by atoms with Crippen molar-refractivity contribution in [3.05, 3.63) is 6.20 Å². The molecule has 0 aromatic carbocycles. The van der Waals surface area contributed by atoms with Crippen molar-refractivity contribution < 1.29 is 0 Å². The van der Waals surface area contributed by atoms with E-state index < -0.39 is 0 Å². The van der Waals surface area contributed by atoms with Crippen LogP contribution in [0.2, 0.25) is 0 Å². The molecule has 0 radical (unpaired) electrons. The van der Waals surface area contributed by atoms with Gasteiger partial charge in [0.15, 0.2) is 5.65 Å². The van der Waals surface area contributed by atoms with Crippen LogP contribution in [-0.2, 0) is 0 Å². The summed E-state index contributed by atoms with van der Waals surface area (Å²) >= 11 is 0. The molecule has 1 saturated carbocycles. The Kier molecular flexibility index (Phi) is 3.92. The summed E-state index contributed by atoms with van der Waals surface area (Å²) in [7, 11) is 2.10. The Hall–Kier alpha value is -1.89. The molecule has 2 heterocycles. The lowest BCUT2D eigenvalue weighted by Crippen LogP contribution is -2.36. The van der Waals surface area contributed by atoms with Gasteiger partial charge in [-0.2, -0.15) is 15.1 Å². The van der Waals surface area contributed by atoms with Crippen molar-refractivity contribution in [2.45, 2.75) is 45.1 Å². The summed E-state index contributed by atoms with van der Waals surface area (Å²) in [5.41, 5.74) is 3.24. The first-order valence-corrected chi connectivity index (χ1v) is 7.63. The number of nitrogens with zero attached hydrogens (tertiary/aromatic N) is 4. The van der Waals surface area contributed by atoms with Gasteiger partial charge in [0.25, 0.3) is 0 Å². The van der Waals surface area contributed by atoms with E-state index in [-0.39, 0.29) is 0 Å². The minimum atomic E-state index is 0.413. The van der Waals surface area contributed by atoms with Gasteiger partial charge in [-0.05, 0) is 31.6 Å². The SMILES string of the molecule is CCC1CCC(N(C)c2nc(NN)nc3[nH]ncc23)CC1. The van der Waals surface area contributed by atoms with Crippen molar-refractivity contribution in [3.8, 4) is 0 Å². The molecule has 0 aliphatic heterocycles. The van der Waals surface area contributed by atoms with E-state index in [9.17, 15) is 0 Å². The Morgan fingerprint density at radius 1 is 1.33 bits per heavy atom. The molecule has 0 amide bonds. The molecule has 4 N–H and O–H groups in total. The number of hydrogen-bond donors (Lipinski definition) is 3. The lowest BCUT2D eigenvalue weighted by atomic mass is 9.84. The zero-order chi connectivity index (χ0) is 14.8. The van der Waals surface area contributed by atoms with Gasteiger partial charge in [0.05, 0.1) is 11.6 Å². The number of aromatic nitrogens is 4. The van der Waals surface area contributed by atoms with Gasteiger partial charge in [0, 0.05) is 13.1 Å². The molecule has 0 atom stereocenters. The molecule has 7 heteroatoms. The van der Waals surface area contributed by atoms with Crippen LogP contribution in [0.4, 0.5) is 11.8 Å². The molecular weight excluding hydrogens is 266 g/mol. The minimum absolute atomic E-state index is 0.413. The largest absolute Gasteiger partial charge is 0.356 e. The highest BCUT2D eigenvalue weighted by atomic mass is 15.3. The standard InChI is InChI=1S/C14H23N7/c1-3-9-4-6-10(7-5-9)21(2)13-11-8-16-20-12(11)17-14(18-13)19-15/h8-10H,3-7,15H2,1-2H3,(H2,16,17,18,19,20). The number of fused-ring (bicyclic) bond motifs is 1. The molecule has 3 rings (SSSR count). The molecule has 1 aliphatic carbocycles. The summed E-state index contributed by atoms with van der Waals surface area (Å²) in [4.78, 5) is 11.1. The van der Waals surface area contributed by atoms with Gasteiger partial charge >= 0.3 is 0 Å². The zero-order valence-electron chi connectivity index (χ0n) is 12.6. The summed E-state index contributed by atoms with van der Waals surface area (Å²) in [6.45, 7) is 2.29. The quantitative estimate of drug-likeness (QED) is 0.589. The third kappa shape index (κ3) is 2.65. The van der Waals surface area contributed by atoms with E-state index >= 15 is 0 Å². The lowest BCUT2D eigenvalue weighted by molar-refractivity contribution is 0.313. The molecule has 0 unspecified atom stereocenters. The fraction of sp³-hybridized carbons (Fsp3) is 0.643. The summed E-state index contributed by atoms with van der Waals surface area (Å²) in [5.74, 6) is 7.65. The van der Waals surface area contributed by atoms with Crippen LogP contribution in [0.25, 0.3) is 11.0 Å². The van der Waals surface area contributed by atoms with Crippen molar-refractivity contribution >= 4 is 22.8 Å². The first kappa shape index (κ1) is 14.1. The summed E-state index contributed by atoms with van der Waals surface area (Å²) in [5, 5.41) is 7.89. The summed E-state index contributed by atoms with van der Waals surface area (Å²) < 4.78 is 0. The molecule has 0 spiro atoms. The normalized spacial score (nSPS) is 22.4. The molecule has 114 valence electrons. The van der Waals surface area contributed by atoms with Gasteiger partial charge in [0.2, 0.25) is 5.95 Å². The van der Waals surface area contributed by atoms with E-state index in [1.54, 1.807) is 6.20 Å². The summed E-state index contributed by atoms with van der Waals surface area (Å²) in [6.07, 6.45) is 8.09. The van der Waals surface area contributed by atoms with Crippen LogP contribution in [0, 0.1) is 5.92 Å². The number of anilines is 2. The lowest BCUT2D eigenvalue weighted by Gasteiger charge is -2.35. The van der Waals surface area contributed by atoms with Gasteiger partial charge < -0.3 is 4.90 Å². The molecule has 7 nitrogen and oxygen atoms in total. The first-order valence-electron chi connectivity index (χ1n) is 7.63. The van der Waals surface area contributed by atoms with Gasteiger partial charge in [-0.3, -0.25) is 10.5 Å². The molecule has 2 aromatic rings. The molecule has 0 saturated heterocycles. The number of nitrogen functional groups attached to an aromatic ring is 1. The van der Waals surface area contributed by atoms with Crippen LogP contribution in [0.5, 0.6) is 0 Å². The number of hydrogen-bond acceptors (Lipinski definition) is 6. The Balaban J connectivity index is 1.87. The predicted octanol–water partition coefficient (Wildman–Crippen LogP) is 2.04. The number of H-pyrrole nitrogens is 1. The number of nitrogens with one attached hydrogen (secondary N) is 2. The van der Waals surface area contributed by atoms with E-state index in [1.807, 2.05) is 0 Å². The maximum atomic E-state index is 5.47. The van der Waals surface area contributed by atoms with Crippen molar-refractivity contribution in [2.75, 3.05) is 17.4 Å². The van der Waals surface area contributed by atoms with Crippen molar-refractivity contribution in [1.82, 2.24) is 20.2 Å². The number of hydrazine groups is 1. The van der Waals surface area contributed by atoms with Gasteiger partial charge in [-0.15, -0.1) is 0 Å². The highest BCUT2D eigenvalue weighted by Gasteiger charge is 2.25. The van der Waals surface area contributed by atoms with Crippen LogP contribution in [-0.4, -0.2) is 33.3 Å². The maximum absolute atomic E-state index is 5.47. The molecule has 1 fully saturated rings. The van der Waals surface area contributed by atoms with Gasteiger partial charge in [-0.1, -0.05) is 13.3 Å². The van der Waals surface area contributed by atoms with Gasteiger partial charge in [-0.25, -0.2) is 5.84 Å². The summed E-state index contributed by atoms with van der Waals surface area (Å²) in [6, 6.07) is 0.520. The molecule has 1 aliphatic rings. The highest BCUT2D eigenvalue weighted by molar-refractivity contribution is 5.87. The first-order chi connectivity index (χ1) is 10.2. The predicted molar refractivity (Wildman–Crippen MR) is 83.9 cm³/mol. The third-order valence-electron chi connectivity index (χ3n) is 4.69.